The number of carbonyl (C=O) groups is 2. The monoisotopic (exact) mass is 701 g/mol. The lowest BCUT2D eigenvalue weighted by atomic mass is 10.00. The molecule has 1 heterocycles. The largest absolute Gasteiger partial charge is 0.490 e. The van der Waals surface area contributed by atoms with Crippen molar-refractivity contribution in [3.8, 4) is 11.1 Å². The van der Waals surface area contributed by atoms with Crippen LogP contribution in [0.5, 0.6) is 0 Å². The molecular formula is C25H25F6N5O6S3. The molecule has 0 amide bonds. The summed E-state index contributed by atoms with van der Waals surface area (Å²) in [6, 6.07) is 13.9. The summed E-state index contributed by atoms with van der Waals surface area (Å²) in [6.45, 7) is 1.93. The molecule has 0 fully saturated rings. The van der Waals surface area contributed by atoms with Crippen LogP contribution in [-0.2, 0) is 19.4 Å². The van der Waals surface area contributed by atoms with Crippen LogP contribution in [-0.4, -0.2) is 68.0 Å². The molecule has 0 saturated heterocycles. The highest BCUT2D eigenvalue weighted by atomic mass is 32.2. The summed E-state index contributed by atoms with van der Waals surface area (Å²) in [7, 11) is -2.07. The van der Waals surface area contributed by atoms with Gasteiger partial charge in [0.2, 0.25) is 9.84 Å². The number of nitrogens with zero attached hydrogens (tertiary/aromatic N) is 1. The molecule has 0 atom stereocenters. The molecule has 3 rings (SSSR count). The number of amidine groups is 1. The van der Waals surface area contributed by atoms with E-state index in [4.69, 9.17) is 42.1 Å². The smallest absolute Gasteiger partial charge is 0.475 e. The number of carboxylic acid groups (broad SMARTS) is 2. The van der Waals surface area contributed by atoms with Gasteiger partial charge in [-0.1, -0.05) is 18.2 Å². The van der Waals surface area contributed by atoms with Crippen molar-refractivity contribution in [3.63, 3.8) is 0 Å². The first-order chi connectivity index (χ1) is 20.4. The Balaban J connectivity index is 0.000000601. The molecular weight excluding hydrogens is 676 g/mol. The molecule has 45 heavy (non-hydrogen) atoms. The second-order valence-electron chi connectivity index (χ2n) is 8.46. The van der Waals surface area contributed by atoms with Gasteiger partial charge >= 0.3 is 24.3 Å². The van der Waals surface area contributed by atoms with E-state index in [-0.39, 0.29) is 21.6 Å². The maximum atomic E-state index is 13.4. The third-order valence-electron chi connectivity index (χ3n) is 5.31. The maximum absolute atomic E-state index is 13.4. The summed E-state index contributed by atoms with van der Waals surface area (Å²) in [5.74, 6) is -5.73. The van der Waals surface area contributed by atoms with Crippen molar-refractivity contribution in [2.75, 3.05) is 18.2 Å². The number of rotatable bonds is 6. The Morgan fingerprint density at radius 1 is 0.933 bits per heavy atom. The number of nitrogens with two attached hydrogens (primary N) is 2. The van der Waals surface area contributed by atoms with Gasteiger partial charge in [-0.3, -0.25) is 10.8 Å². The number of hydrogen-bond acceptors (Lipinski definition) is 8. The number of benzene rings is 2. The zero-order chi connectivity index (χ0) is 35.1. The van der Waals surface area contributed by atoms with Crippen molar-refractivity contribution in [2.24, 2.45) is 11.5 Å². The third-order valence-corrected chi connectivity index (χ3v) is 9.64. The first-order valence-electron chi connectivity index (χ1n) is 11.6. The Labute approximate surface area is 260 Å². The van der Waals surface area contributed by atoms with Crippen LogP contribution in [0.3, 0.4) is 0 Å². The number of alkyl halides is 6. The molecule has 3 aromatic rings. The predicted molar refractivity (Wildman–Crippen MR) is 157 cm³/mol. The second kappa shape index (κ2) is 15.1. The number of nitrogens with one attached hydrogen (secondary N) is 2. The first-order valence-corrected chi connectivity index (χ1v) is 15.1. The molecule has 11 nitrogen and oxygen atoms in total. The molecule has 0 bridgehead atoms. The van der Waals surface area contributed by atoms with Crippen LogP contribution in [0.4, 0.5) is 32.0 Å². The van der Waals surface area contributed by atoms with Gasteiger partial charge in [0.05, 0.1) is 18.9 Å². The fourth-order valence-corrected chi connectivity index (χ4v) is 7.00. The van der Waals surface area contributed by atoms with Crippen molar-refractivity contribution >= 4 is 62.4 Å². The number of hydrogen-bond donors (Lipinski definition) is 6. The number of carboxylic acids is 2. The zero-order valence-electron chi connectivity index (χ0n) is 23.2. The number of thioether (sulfide) groups is 1. The average molecular weight is 702 g/mol. The van der Waals surface area contributed by atoms with Crippen LogP contribution in [0, 0.1) is 17.7 Å². The molecule has 0 aliphatic rings. The number of sulfone groups is 1. The van der Waals surface area contributed by atoms with Crippen LogP contribution in [0.1, 0.15) is 10.4 Å². The van der Waals surface area contributed by atoms with Crippen molar-refractivity contribution in [2.45, 2.75) is 33.3 Å². The number of halogens is 6. The first kappa shape index (κ1) is 38.7. The van der Waals surface area contributed by atoms with E-state index in [0.717, 1.165) is 22.4 Å². The Morgan fingerprint density at radius 2 is 1.44 bits per heavy atom. The average Bonchev–Trinajstić information content (AvgIpc) is 3.38. The van der Waals surface area contributed by atoms with E-state index in [0.29, 0.717) is 9.09 Å². The van der Waals surface area contributed by atoms with Crippen molar-refractivity contribution in [1.29, 1.82) is 10.8 Å². The second-order valence-corrected chi connectivity index (χ2v) is 12.5. The van der Waals surface area contributed by atoms with E-state index in [1.165, 1.54) is 29.2 Å². The fraction of sp³-hybridized carbons (Fsp3) is 0.200. The number of guanidine groups is 1. The molecule has 2 aromatic carbocycles. The van der Waals surface area contributed by atoms with Crippen LogP contribution < -0.4 is 16.4 Å². The summed E-state index contributed by atoms with van der Waals surface area (Å²) in [5, 5.41) is 29.5. The highest BCUT2D eigenvalue weighted by Crippen LogP contribution is 2.38. The van der Waals surface area contributed by atoms with Gasteiger partial charge in [-0.15, -0.1) is 23.1 Å². The lowest BCUT2D eigenvalue weighted by molar-refractivity contribution is -0.193. The highest BCUT2D eigenvalue weighted by Gasteiger charge is 2.38. The van der Waals surface area contributed by atoms with Gasteiger partial charge in [-0.2, -0.15) is 26.3 Å². The van der Waals surface area contributed by atoms with Gasteiger partial charge in [0.15, 0.2) is 5.96 Å². The van der Waals surface area contributed by atoms with Crippen molar-refractivity contribution in [3.05, 3.63) is 59.0 Å². The molecule has 0 radical (unpaired) electrons. The fourth-order valence-electron chi connectivity index (χ4n) is 3.10. The minimum absolute atomic E-state index is 0.0643. The zero-order valence-corrected chi connectivity index (χ0v) is 25.7. The summed E-state index contributed by atoms with van der Waals surface area (Å²) in [4.78, 5) is 20.1. The number of nitrogen functional groups attached to an aromatic ring is 1. The molecule has 1 aromatic heterocycles. The van der Waals surface area contributed by atoms with E-state index < -0.39 is 34.1 Å². The number of thiophene rings is 1. The van der Waals surface area contributed by atoms with Gasteiger partial charge in [-0.05, 0) is 60.2 Å². The molecule has 0 saturated carbocycles. The van der Waals surface area contributed by atoms with Crippen molar-refractivity contribution in [1.82, 2.24) is 0 Å². The molecule has 0 unspecified atom stereocenters. The maximum Gasteiger partial charge on any atom is 0.490 e. The highest BCUT2D eigenvalue weighted by molar-refractivity contribution is 8.01. The standard InChI is InChI=1S/C21H23N5O2S3.2C2HF3O2/c1-12-9-14(26(2)21(24)25)7-8-16(12)13-5-4-6-15(10-13)31(27,28)18-11-17(19(22)23)30-20(18)29-3;2*3-2(4,5)1(6)7/h4-11H,1-3H3,(H3,22,23)(H3,24,25);2*(H,6,7). The van der Waals surface area contributed by atoms with Crippen molar-refractivity contribution < 1.29 is 54.6 Å². The molecule has 0 aliphatic heterocycles. The minimum atomic E-state index is -5.08. The summed E-state index contributed by atoms with van der Waals surface area (Å²) < 4.78 is 90.8. The van der Waals surface area contributed by atoms with Crippen LogP contribution >= 0.6 is 23.1 Å². The Bertz CT molecular complexity index is 1670. The molecule has 0 aliphatic carbocycles. The number of aliphatic carboxylic acids is 2. The third kappa shape index (κ3) is 10.7. The molecule has 8 N–H and O–H groups in total. The molecule has 246 valence electrons. The van der Waals surface area contributed by atoms with Crippen LogP contribution in [0.2, 0.25) is 0 Å². The van der Waals surface area contributed by atoms with E-state index in [1.807, 2.05) is 31.2 Å². The summed E-state index contributed by atoms with van der Waals surface area (Å²) in [6.07, 6.45) is -8.37. The topological polar surface area (TPSA) is 212 Å². The number of anilines is 1. The van der Waals surface area contributed by atoms with E-state index >= 15 is 0 Å². The Kier molecular flexibility index (Phi) is 13.0. The number of aryl methyl sites for hydroxylation is 1. The van der Waals surface area contributed by atoms with Crippen LogP contribution in [0.25, 0.3) is 11.1 Å². The summed E-state index contributed by atoms with van der Waals surface area (Å²) >= 11 is 2.52. The Hall–Kier alpha value is -4.30. The normalized spacial score (nSPS) is 11.3. The lowest BCUT2D eigenvalue weighted by Crippen LogP contribution is -2.32. The van der Waals surface area contributed by atoms with Gasteiger partial charge in [-0.25, -0.2) is 18.0 Å². The van der Waals surface area contributed by atoms with E-state index in [1.54, 1.807) is 36.4 Å². The lowest BCUT2D eigenvalue weighted by Gasteiger charge is -2.18. The Morgan fingerprint density at radius 3 is 1.84 bits per heavy atom. The van der Waals surface area contributed by atoms with Gasteiger partial charge < -0.3 is 26.6 Å². The van der Waals surface area contributed by atoms with E-state index in [2.05, 4.69) is 0 Å². The van der Waals surface area contributed by atoms with E-state index in [9.17, 15) is 34.8 Å². The van der Waals surface area contributed by atoms with Gasteiger partial charge in [0.25, 0.3) is 0 Å². The minimum Gasteiger partial charge on any atom is -0.475 e. The SMILES string of the molecule is CSc1sc(C(=N)N)cc1S(=O)(=O)c1cccc(-c2ccc(N(C)C(=N)N)cc2C)c1.O=C(O)C(F)(F)F.O=C(O)C(F)(F)F. The van der Waals surface area contributed by atoms with Gasteiger partial charge in [0, 0.05) is 12.7 Å². The molecule has 20 heteroatoms. The summed E-state index contributed by atoms with van der Waals surface area (Å²) in [5.41, 5.74) is 14.5. The quantitative estimate of drug-likeness (QED) is 0.0860. The predicted octanol–water partition coefficient (Wildman–Crippen LogP) is 5.16. The molecule has 0 spiro atoms. The van der Waals surface area contributed by atoms with Crippen LogP contribution in [0.15, 0.2) is 62.5 Å². The van der Waals surface area contributed by atoms with Gasteiger partial charge in [0.1, 0.15) is 5.84 Å².